The highest BCUT2D eigenvalue weighted by atomic mass is 16.1. The standard InChI is InChI=1S/C31H42N6O3/c1-33-30(40)10-9-28(20-39)34(2)18-24-15-27(6-3-23(24)19-38)37-21-31(22-37)16-29(17-31)36-13-11-35(12-14-36)26-7-4-25(32)5-8-26/h3-8,15,19-20,28-29H,9-14,16-18,21-22,32H2,1-2H3,(H,33,40). The Hall–Kier alpha value is -3.43. The van der Waals surface area contributed by atoms with Gasteiger partial charge in [-0.1, -0.05) is 0 Å². The Bertz CT molecular complexity index is 1200. The van der Waals surface area contributed by atoms with E-state index in [0.717, 1.165) is 68.8 Å². The molecule has 40 heavy (non-hydrogen) atoms. The quantitative estimate of drug-likeness (QED) is 0.327. The van der Waals surface area contributed by atoms with E-state index in [1.807, 2.05) is 36.2 Å². The van der Waals surface area contributed by atoms with Gasteiger partial charge in [0, 0.05) is 93.4 Å². The van der Waals surface area contributed by atoms with Gasteiger partial charge in [-0.3, -0.25) is 19.4 Å². The fraction of sp³-hybridized carbons (Fsp3) is 0.516. The van der Waals surface area contributed by atoms with Crippen molar-refractivity contribution in [2.75, 3.05) is 68.9 Å². The van der Waals surface area contributed by atoms with Gasteiger partial charge in [0.1, 0.15) is 12.6 Å². The molecule has 1 saturated carbocycles. The van der Waals surface area contributed by atoms with Crippen LogP contribution in [0.1, 0.15) is 41.6 Å². The Kier molecular flexibility index (Phi) is 8.42. The third kappa shape index (κ3) is 6.00. The zero-order chi connectivity index (χ0) is 28.3. The highest BCUT2D eigenvalue weighted by molar-refractivity contribution is 5.79. The zero-order valence-corrected chi connectivity index (χ0v) is 23.7. The van der Waals surface area contributed by atoms with Crippen molar-refractivity contribution in [3.63, 3.8) is 0 Å². The Morgan fingerprint density at radius 3 is 2.35 bits per heavy atom. The number of carbonyl (C=O) groups excluding carboxylic acids is 3. The molecule has 9 heteroatoms. The molecule has 2 aromatic carbocycles. The number of likely N-dealkylation sites (N-methyl/N-ethyl adjacent to an activating group) is 1. The maximum atomic E-state index is 11.8. The van der Waals surface area contributed by atoms with Gasteiger partial charge in [-0.2, -0.15) is 0 Å². The van der Waals surface area contributed by atoms with Gasteiger partial charge in [-0.25, -0.2) is 0 Å². The second-order valence-corrected chi connectivity index (χ2v) is 11.9. The Balaban J connectivity index is 1.12. The molecule has 2 heterocycles. The lowest BCUT2D eigenvalue weighted by atomic mass is 9.60. The average Bonchev–Trinajstić information content (AvgIpc) is 2.92. The van der Waals surface area contributed by atoms with Crippen molar-refractivity contribution < 1.29 is 14.4 Å². The van der Waals surface area contributed by atoms with E-state index in [4.69, 9.17) is 5.73 Å². The molecule has 9 nitrogen and oxygen atoms in total. The predicted molar refractivity (Wildman–Crippen MR) is 159 cm³/mol. The summed E-state index contributed by atoms with van der Waals surface area (Å²) in [6.07, 6.45) is 5.01. The summed E-state index contributed by atoms with van der Waals surface area (Å²) in [6, 6.07) is 14.5. The fourth-order valence-electron chi connectivity index (χ4n) is 6.66. The van der Waals surface area contributed by atoms with Gasteiger partial charge < -0.3 is 25.6 Å². The topological polar surface area (TPSA) is 102 Å². The van der Waals surface area contributed by atoms with Crippen molar-refractivity contribution in [3.8, 4) is 0 Å². The maximum Gasteiger partial charge on any atom is 0.219 e. The van der Waals surface area contributed by atoms with Crippen LogP contribution >= 0.6 is 0 Å². The van der Waals surface area contributed by atoms with Crippen LogP contribution in [0.4, 0.5) is 17.1 Å². The maximum absolute atomic E-state index is 11.8. The molecule has 1 aliphatic carbocycles. The van der Waals surface area contributed by atoms with E-state index >= 15 is 0 Å². The van der Waals surface area contributed by atoms with Gasteiger partial charge in [-0.05, 0) is 74.3 Å². The highest BCUT2D eigenvalue weighted by Gasteiger charge is 2.54. The number of aldehydes is 2. The monoisotopic (exact) mass is 546 g/mol. The molecular formula is C31H42N6O3. The molecule has 2 aliphatic heterocycles. The second-order valence-electron chi connectivity index (χ2n) is 11.9. The van der Waals surface area contributed by atoms with Crippen LogP contribution < -0.4 is 20.9 Å². The van der Waals surface area contributed by atoms with E-state index in [0.29, 0.717) is 36.4 Å². The van der Waals surface area contributed by atoms with Gasteiger partial charge in [0.15, 0.2) is 0 Å². The minimum absolute atomic E-state index is 0.0822. The lowest BCUT2D eigenvalue weighted by Crippen LogP contribution is -2.68. The number of benzene rings is 2. The second kappa shape index (κ2) is 12.0. The summed E-state index contributed by atoms with van der Waals surface area (Å²) in [6.45, 7) is 6.88. The highest BCUT2D eigenvalue weighted by Crippen LogP contribution is 2.51. The van der Waals surface area contributed by atoms with Crippen molar-refractivity contribution in [1.82, 2.24) is 15.1 Å². The Morgan fingerprint density at radius 1 is 1.05 bits per heavy atom. The number of piperazine rings is 1. The van der Waals surface area contributed by atoms with E-state index < -0.39 is 0 Å². The van der Waals surface area contributed by atoms with E-state index in [1.54, 1.807) is 7.05 Å². The zero-order valence-electron chi connectivity index (χ0n) is 23.7. The molecule has 1 spiro atoms. The normalized spacial score (nSPS) is 19.7. The van der Waals surface area contributed by atoms with E-state index in [1.165, 1.54) is 18.5 Å². The van der Waals surface area contributed by atoms with E-state index in [9.17, 15) is 14.4 Å². The molecule has 0 bridgehead atoms. The SMILES string of the molecule is CNC(=O)CCC(C=O)N(C)Cc1cc(N2CC3(CC(N4CCN(c5ccc(N)cc5)CC4)C3)C2)ccc1C=O. The first-order chi connectivity index (χ1) is 19.3. The van der Waals surface area contributed by atoms with Crippen LogP contribution in [0.15, 0.2) is 42.5 Å². The van der Waals surface area contributed by atoms with Crippen LogP contribution in [0.3, 0.4) is 0 Å². The number of nitrogens with one attached hydrogen (secondary N) is 1. The number of rotatable bonds is 11. The van der Waals surface area contributed by atoms with Crippen LogP contribution in [-0.2, 0) is 16.1 Å². The summed E-state index contributed by atoms with van der Waals surface area (Å²) in [7, 11) is 3.46. The van der Waals surface area contributed by atoms with Crippen LogP contribution in [0.5, 0.6) is 0 Å². The molecule has 3 N–H and O–H groups in total. The van der Waals surface area contributed by atoms with Crippen LogP contribution in [0.25, 0.3) is 0 Å². The average molecular weight is 547 g/mol. The van der Waals surface area contributed by atoms with Crippen molar-refractivity contribution in [1.29, 1.82) is 0 Å². The molecule has 1 unspecified atom stereocenters. The van der Waals surface area contributed by atoms with Gasteiger partial charge in [-0.15, -0.1) is 0 Å². The van der Waals surface area contributed by atoms with Crippen LogP contribution in [0.2, 0.25) is 0 Å². The molecule has 5 rings (SSSR count). The number of anilines is 3. The summed E-state index contributed by atoms with van der Waals surface area (Å²) in [5.41, 5.74) is 11.0. The predicted octanol–water partition coefficient (Wildman–Crippen LogP) is 2.40. The number of hydrogen-bond donors (Lipinski definition) is 2. The lowest BCUT2D eigenvalue weighted by molar-refractivity contribution is -0.121. The van der Waals surface area contributed by atoms with Gasteiger partial charge in [0.05, 0.1) is 6.04 Å². The van der Waals surface area contributed by atoms with Crippen molar-refractivity contribution in [2.45, 2.75) is 44.3 Å². The molecule has 3 fully saturated rings. The first-order valence-electron chi connectivity index (χ1n) is 14.4. The van der Waals surface area contributed by atoms with E-state index in [2.05, 4.69) is 38.2 Å². The smallest absolute Gasteiger partial charge is 0.219 e. The molecule has 2 aromatic rings. The summed E-state index contributed by atoms with van der Waals surface area (Å²) in [5, 5.41) is 2.60. The van der Waals surface area contributed by atoms with Gasteiger partial charge in [0.2, 0.25) is 5.91 Å². The number of amides is 1. The molecular weight excluding hydrogens is 504 g/mol. The first-order valence-corrected chi connectivity index (χ1v) is 14.4. The van der Waals surface area contributed by atoms with Gasteiger partial charge >= 0.3 is 0 Å². The van der Waals surface area contributed by atoms with E-state index in [-0.39, 0.29) is 11.9 Å². The summed E-state index contributed by atoms with van der Waals surface area (Å²) in [4.78, 5) is 44.6. The first kappa shape index (κ1) is 28.1. The molecule has 1 atom stereocenters. The molecule has 3 aliphatic rings. The summed E-state index contributed by atoms with van der Waals surface area (Å²) in [5.74, 6) is -0.0822. The van der Waals surface area contributed by atoms with Crippen molar-refractivity contribution >= 4 is 35.5 Å². The third-order valence-corrected chi connectivity index (χ3v) is 9.19. The van der Waals surface area contributed by atoms with Crippen LogP contribution in [0, 0.1) is 5.41 Å². The molecule has 214 valence electrons. The van der Waals surface area contributed by atoms with Crippen LogP contribution in [-0.4, -0.2) is 93.7 Å². The summed E-state index contributed by atoms with van der Waals surface area (Å²) < 4.78 is 0. The number of nitrogens with two attached hydrogens (primary N) is 1. The largest absolute Gasteiger partial charge is 0.399 e. The van der Waals surface area contributed by atoms with Crippen molar-refractivity contribution in [3.05, 3.63) is 53.6 Å². The fourth-order valence-corrected chi connectivity index (χ4v) is 6.66. The summed E-state index contributed by atoms with van der Waals surface area (Å²) >= 11 is 0. The van der Waals surface area contributed by atoms with Crippen molar-refractivity contribution in [2.24, 2.45) is 5.41 Å². The molecule has 0 aromatic heterocycles. The van der Waals surface area contributed by atoms with Gasteiger partial charge in [0.25, 0.3) is 0 Å². The minimum atomic E-state index is -0.381. The molecule has 2 saturated heterocycles. The molecule has 1 amide bonds. The Morgan fingerprint density at radius 2 is 1.73 bits per heavy atom. The number of nitrogens with zero attached hydrogens (tertiary/aromatic N) is 4. The third-order valence-electron chi connectivity index (χ3n) is 9.19. The Labute approximate surface area is 237 Å². The molecule has 0 radical (unpaired) electrons. The number of carbonyl (C=O) groups is 3. The minimum Gasteiger partial charge on any atom is -0.399 e. The number of nitrogen functional groups attached to an aromatic ring is 1. The lowest BCUT2D eigenvalue weighted by Gasteiger charge is -2.62. The number of hydrogen-bond acceptors (Lipinski definition) is 8.